The van der Waals surface area contributed by atoms with Crippen molar-refractivity contribution >= 4 is 5.97 Å². The van der Waals surface area contributed by atoms with Crippen LogP contribution in [0.5, 0.6) is 0 Å². The minimum atomic E-state index is -0.824. The standard InChI is InChI=1S/C14H17NO3/c1-2-14(17)8-10-15(11-9-14)18-13(16)12-6-4-3-5-7-12/h2-7,17H,1,8-11H2. The molecule has 4 heteroatoms. The van der Waals surface area contributed by atoms with Crippen molar-refractivity contribution in [3.8, 4) is 0 Å². The fraction of sp³-hybridized carbons (Fsp3) is 0.357. The van der Waals surface area contributed by atoms with Gasteiger partial charge in [0.05, 0.1) is 11.2 Å². The molecule has 1 heterocycles. The molecule has 0 unspecified atom stereocenters. The summed E-state index contributed by atoms with van der Waals surface area (Å²) in [6, 6.07) is 8.87. The van der Waals surface area contributed by atoms with E-state index in [9.17, 15) is 9.90 Å². The van der Waals surface area contributed by atoms with Gasteiger partial charge in [0.15, 0.2) is 0 Å². The van der Waals surface area contributed by atoms with Crippen LogP contribution in [-0.4, -0.2) is 34.8 Å². The third-order valence-electron chi connectivity index (χ3n) is 3.19. The van der Waals surface area contributed by atoms with E-state index in [1.165, 1.54) is 0 Å². The summed E-state index contributed by atoms with van der Waals surface area (Å²) < 4.78 is 0. The Balaban J connectivity index is 1.89. The maximum Gasteiger partial charge on any atom is 0.357 e. The Labute approximate surface area is 106 Å². The smallest absolute Gasteiger partial charge is 0.357 e. The average molecular weight is 247 g/mol. The van der Waals surface area contributed by atoms with E-state index in [1.807, 2.05) is 6.07 Å². The Hall–Kier alpha value is -1.65. The Morgan fingerprint density at radius 3 is 2.50 bits per heavy atom. The normalized spacial score (nSPS) is 19.2. The molecule has 0 bridgehead atoms. The van der Waals surface area contributed by atoms with Crippen molar-refractivity contribution in [2.45, 2.75) is 18.4 Å². The van der Waals surface area contributed by atoms with Crippen molar-refractivity contribution in [1.82, 2.24) is 5.06 Å². The molecule has 2 rings (SSSR count). The predicted molar refractivity (Wildman–Crippen MR) is 67.8 cm³/mol. The summed E-state index contributed by atoms with van der Waals surface area (Å²) in [7, 11) is 0. The highest BCUT2D eigenvalue weighted by Gasteiger charge is 2.30. The van der Waals surface area contributed by atoms with Gasteiger partial charge >= 0.3 is 5.97 Å². The Kier molecular flexibility index (Phi) is 3.79. The van der Waals surface area contributed by atoms with Crippen LogP contribution in [0.3, 0.4) is 0 Å². The molecule has 0 spiro atoms. The van der Waals surface area contributed by atoms with Crippen LogP contribution in [0, 0.1) is 0 Å². The van der Waals surface area contributed by atoms with Crippen LogP contribution >= 0.6 is 0 Å². The van der Waals surface area contributed by atoms with Crippen LogP contribution in [-0.2, 0) is 4.84 Å². The van der Waals surface area contributed by atoms with Crippen molar-refractivity contribution in [3.63, 3.8) is 0 Å². The summed E-state index contributed by atoms with van der Waals surface area (Å²) in [5.74, 6) is -0.361. The number of rotatable bonds is 3. The summed E-state index contributed by atoms with van der Waals surface area (Å²) in [5.41, 5.74) is -0.294. The molecule has 0 saturated carbocycles. The lowest BCUT2D eigenvalue weighted by atomic mass is 9.93. The number of hydrogen-bond acceptors (Lipinski definition) is 4. The summed E-state index contributed by atoms with van der Waals surface area (Å²) in [6.45, 7) is 4.64. The zero-order chi connectivity index (χ0) is 13.0. The number of nitrogens with zero attached hydrogens (tertiary/aromatic N) is 1. The van der Waals surface area contributed by atoms with Gasteiger partial charge in [-0.25, -0.2) is 4.79 Å². The topological polar surface area (TPSA) is 49.8 Å². The first-order chi connectivity index (χ1) is 8.63. The Morgan fingerprint density at radius 2 is 1.94 bits per heavy atom. The average Bonchev–Trinajstić information content (AvgIpc) is 2.42. The van der Waals surface area contributed by atoms with Crippen LogP contribution in [0.1, 0.15) is 23.2 Å². The van der Waals surface area contributed by atoms with Crippen LogP contribution < -0.4 is 0 Å². The molecule has 0 radical (unpaired) electrons. The molecule has 1 fully saturated rings. The number of hydrogen-bond donors (Lipinski definition) is 1. The lowest BCUT2D eigenvalue weighted by Gasteiger charge is -2.34. The molecule has 1 aromatic rings. The van der Waals surface area contributed by atoms with Gasteiger partial charge in [-0.1, -0.05) is 24.3 Å². The molecule has 1 aromatic carbocycles. The first kappa shape index (κ1) is 12.8. The maximum atomic E-state index is 11.8. The molecule has 1 aliphatic heterocycles. The van der Waals surface area contributed by atoms with E-state index in [4.69, 9.17) is 4.84 Å². The fourth-order valence-corrected chi connectivity index (χ4v) is 1.91. The fourth-order valence-electron chi connectivity index (χ4n) is 1.91. The highest BCUT2D eigenvalue weighted by molar-refractivity contribution is 5.89. The second-order valence-electron chi connectivity index (χ2n) is 4.48. The summed E-state index contributed by atoms with van der Waals surface area (Å²) >= 11 is 0. The van der Waals surface area contributed by atoms with Gasteiger partial charge in [0, 0.05) is 13.1 Å². The number of carbonyl (C=O) groups is 1. The Bertz CT molecular complexity index is 422. The third kappa shape index (κ3) is 2.97. The van der Waals surface area contributed by atoms with Crippen molar-refractivity contribution in [3.05, 3.63) is 48.6 Å². The molecule has 0 atom stereocenters. The lowest BCUT2D eigenvalue weighted by molar-refractivity contribution is -0.144. The number of aliphatic hydroxyl groups is 1. The van der Waals surface area contributed by atoms with E-state index in [-0.39, 0.29) is 5.97 Å². The van der Waals surface area contributed by atoms with Gasteiger partial charge in [0.25, 0.3) is 0 Å². The lowest BCUT2D eigenvalue weighted by Crippen LogP contribution is -2.43. The van der Waals surface area contributed by atoms with E-state index >= 15 is 0 Å². The van der Waals surface area contributed by atoms with E-state index in [0.29, 0.717) is 31.5 Å². The molecular weight excluding hydrogens is 230 g/mol. The molecule has 0 aromatic heterocycles. The minimum Gasteiger partial charge on any atom is -0.386 e. The molecule has 1 aliphatic rings. The SMILES string of the molecule is C=CC1(O)CCN(OC(=O)c2ccccc2)CC1. The Morgan fingerprint density at radius 1 is 1.33 bits per heavy atom. The van der Waals surface area contributed by atoms with Crippen molar-refractivity contribution in [2.75, 3.05) is 13.1 Å². The van der Waals surface area contributed by atoms with Crippen molar-refractivity contribution in [1.29, 1.82) is 0 Å². The maximum absolute atomic E-state index is 11.8. The van der Waals surface area contributed by atoms with Gasteiger partial charge in [-0.05, 0) is 25.0 Å². The van der Waals surface area contributed by atoms with Crippen molar-refractivity contribution < 1.29 is 14.7 Å². The van der Waals surface area contributed by atoms with Crippen LogP contribution in [0.15, 0.2) is 43.0 Å². The molecule has 1 N–H and O–H groups in total. The van der Waals surface area contributed by atoms with E-state index in [2.05, 4.69) is 6.58 Å². The van der Waals surface area contributed by atoms with Crippen molar-refractivity contribution in [2.24, 2.45) is 0 Å². The first-order valence-corrected chi connectivity index (χ1v) is 6.01. The van der Waals surface area contributed by atoms with Gasteiger partial charge < -0.3 is 9.94 Å². The van der Waals surface area contributed by atoms with Crippen LogP contribution in [0.4, 0.5) is 0 Å². The van der Waals surface area contributed by atoms with Gasteiger partial charge in [0.2, 0.25) is 0 Å². The summed E-state index contributed by atoms with van der Waals surface area (Å²) in [6.07, 6.45) is 2.61. The number of hydroxylamine groups is 2. The predicted octanol–water partition coefficient (Wildman–Crippen LogP) is 1.77. The largest absolute Gasteiger partial charge is 0.386 e. The summed E-state index contributed by atoms with van der Waals surface area (Å²) in [4.78, 5) is 17.1. The number of carbonyl (C=O) groups excluding carboxylic acids is 1. The second-order valence-corrected chi connectivity index (χ2v) is 4.48. The highest BCUT2D eigenvalue weighted by atomic mass is 16.7. The van der Waals surface area contributed by atoms with Gasteiger partial charge in [0.1, 0.15) is 0 Å². The quantitative estimate of drug-likeness (QED) is 0.827. The van der Waals surface area contributed by atoms with Crippen LogP contribution in [0.2, 0.25) is 0 Å². The number of benzene rings is 1. The second kappa shape index (κ2) is 5.33. The van der Waals surface area contributed by atoms with Crippen LogP contribution in [0.25, 0.3) is 0 Å². The zero-order valence-corrected chi connectivity index (χ0v) is 10.2. The highest BCUT2D eigenvalue weighted by Crippen LogP contribution is 2.23. The minimum absolute atomic E-state index is 0.361. The van der Waals surface area contributed by atoms with Gasteiger partial charge in [-0.3, -0.25) is 0 Å². The molecule has 0 amide bonds. The molecule has 96 valence electrons. The number of piperidine rings is 1. The molecule has 1 saturated heterocycles. The third-order valence-corrected chi connectivity index (χ3v) is 3.19. The molecule has 18 heavy (non-hydrogen) atoms. The van der Waals surface area contributed by atoms with E-state index < -0.39 is 5.60 Å². The monoisotopic (exact) mass is 247 g/mol. The summed E-state index contributed by atoms with van der Waals surface area (Å²) in [5, 5.41) is 11.6. The van der Waals surface area contributed by atoms with E-state index in [0.717, 1.165) is 0 Å². The molecule has 4 nitrogen and oxygen atoms in total. The first-order valence-electron chi connectivity index (χ1n) is 6.01. The van der Waals surface area contributed by atoms with Gasteiger partial charge in [-0.15, -0.1) is 11.6 Å². The molecule has 0 aliphatic carbocycles. The zero-order valence-electron chi connectivity index (χ0n) is 10.2. The van der Waals surface area contributed by atoms with Gasteiger partial charge in [-0.2, -0.15) is 0 Å². The van der Waals surface area contributed by atoms with E-state index in [1.54, 1.807) is 35.4 Å². The molecular formula is C14H17NO3.